The number of hydrogen-bond acceptors (Lipinski definition) is 7. The van der Waals surface area contributed by atoms with Crippen molar-refractivity contribution in [2.24, 2.45) is 16.0 Å². The van der Waals surface area contributed by atoms with E-state index >= 15 is 0 Å². The SMILES string of the molecule is COc1cc(/C=C2/C(=N)N3N=C(C(C)C)SC3=NC2=O)cc(OC)c1OC. The molecule has 1 amide bonds. The Morgan fingerprint density at radius 3 is 2.30 bits per heavy atom. The Hall–Kier alpha value is -2.81. The van der Waals surface area contributed by atoms with Crippen LogP contribution in [0, 0.1) is 11.3 Å². The van der Waals surface area contributed by atoms with Gasteiger partial charge in [-0.3, -0.25) is 10.2 Å². The number of carbonyl (C=O) groups is 1. The molecule has 0 radical (unpaired) electrons. The lowest BCUT2D eigenvalue weighted by Gasteiger charge is -2.20. The van der Waals surface area contributed by atoms with Crippen molar-refractivity contribution in [2.45, 2.75) is 13.8 Å². The van der Waals surface area contributed by atoms with Gasteiger partial charge in [0.25, 0.3) is 5.91 Å². The highest BCUT2D eigenvalue weighted by molar-refractivity contribution is 8.27. The molecule has 1 aromatic rings. The van der Waals surface area contributed by atoms with E-state index in [4.69, 9.17) is 19.6 Å². The smallest absolute Gasteiger partial charge is 0.283 e. The van der Waals surface area contributed by atoms with Crippen LogP contribution in [0.4, 0.5) is 0 Å². The lowest BCUT2D eigenvalue weighted by Crippen LogP contribution is -2.35. The maximum atomic E-state index is 12.5. The summed E-state index contributed by atoms with van der Waals surface area (Å²) in [7, 11) is 4.55. The van der Waals surface area contributed by atoms with Crippen molar-refractivity contribution in [2.75, 3.05) is 21.3 Å². The molecule has 142 valence electrons. The van der Waals surface area contributed by atoms with E-state index in [0.29, 0.717) is 28.0 Å². The number of nitrogens with zero attached hydrogens (tertiary/aromatic N) is 3. The number of benzene rings is 1. The molecule has 9 heteroatoms. The maximum absolute atomic E-state index is 12.5. The Labute approximate surface area is 161 Å². The number of hydrazone groups is 1. The van der Waals surface area contributed by atoms with Gasteiger partial charge in [-0.15, -0.1) is 0 Å². The molecule has 27 heavy (non-hydrogen) atoms. The first-order valence-corrected chi connectivity index (χ1v) is 9.01. The summed E-state index contributed by atoms with van der Waals surface area (Å²) in [6, 6.07) is 3.41. The Bertz CT molecular complexity index is 880. The van der Waals surface area contributed by atoms with Gasteiger partial charge in [0.1, 0.15) is 5.04 Å². The van der Waals surface area contributed by atoms with Gasteiger partial charge >= 0.3 is 0 Å². The van der Waals surface area contributed by atoms with Gasteiger partial charge in [0.2, 0.25) is 10.9 Å². The summed E-state index contributed by atoms with van der Waals surface area (Å²) in [5.41, 5.74) is 0.763. The topological polar surface area (TPSA) is 96.6 Å². The van der Waals surface area contributed by atoms with Crippen molar-refractivity contribution in [1.29, 1.82) is 5.41 Å². The molecule has 3 rings (SSSR count). The van der Waals surface area contributed by atoms with Gasteiger partial charge in [-0.2, -0.15) is 15.1 Å². The van der Waals surface area contributed by atoms with Crippen LogP contribution in [0.3, 0.4) is 0 Å². The van der Waals surface area contributed by atoms with Crippen LogP contribution < -0.4 is 14.2 Å². The van der Waals surface area contributed by atoms with Gasteiger partial charge in [0.05, 0.1) is 26.9 Å². The molecule has 0 spiro atoms. The summed E-state index contributed by atoms with van der Waals surface area (Å²) >= 11 is 1.32. The summed E-state index contributed by atoms with van der Waals surface area (Å²) in [5.74, 6) is 1.07. The fraction of sp³-hybridized carbons (Fsp3) is 0.333. The van der Waals surface area contributed by atoms with Crippen molar-refractivity contribution in [3.8, 4) is 17.2 Å². The molecule has 8 nitrogen and oxygen atoms in total. The molecule has 0 aromatic heterocycles. The average Bonchev–Trinajstić information content (AvgIpc) is 3.08. The zero-order valence-electron chi connectivity index (χ0n) is 15.7. The molecule has 1 N–H and O–H groups in total. The number of fused-ring (bicyclic) bond motifs is 1. The van der Waals surface area contributed by atoms with Gasteiger partial charge in [-0.25, -0.2) is 0 Å². The van der Waals surface area contributed by atoms with Crippen LogP contribution in [0.1, 0.15) is 19.4 Å². The van der Waals surface area contributed by atoms with Crippen molar-refractivity contribution < 1.29 is 19.0 Å². The molecule has 0 atom stereocenters. The summed E-state index contributed by atoms with van der Waals surface area (Å²) in [6.45, 7) is 4.01. The lowest BCUT2D eigenvalue weighted by molar-refractivity contribution is -0.114. The van der Waals surface area contributed by atoms with Crippen molar-refractivity contribution >= 4 is 39.8 Å². The highest BCUT2D eigenvalue weighted by Gasteiger charge is 2.36. The lowest BCUT2D eigenvalue weighted by atomic mass is 10.1. The molecule has 0 unspecified atom stereocenters. The number of nitrogens with one attached hydrogen (secondary N) is 1. The molecule has 0 aliphatic carbocycles. The largest absolute Gasteiger partial charge is 0.493 e. The van der Waals surface area contributed by atoms with E-state index in [-0.39, 0.29) is 17.3 Å². The number of amides is 1. The standard InChI is InChI=1S/C18H20N4O4S/c1-9(2)17-21-22-15(19)11(16(23)20-18(22)27-17)6-10-7-12(24-3)14(26-5)13(8-10)25-4/h6-9,19H,1-5H3/b11-6-,19-15?. The van der Waals surface area contributed by atoms with Crippen LogP contribution >= 0.6 is 11.8 Å². The molecule has 2 heterocycles. The van der Waals surface area contributed by atoms with Crippen LogP contribution in [0.25, 0.3) is 6.08 Å². The minimum Gasteiger partial charge on any atom is -0.493 e. The van der Waals surface area contributed by atoms with Gasteiger partial charge in [-0.1, -0.05) is 13.8 Å². The number of rotatable bonds is 5. The Morgan fingerprint density at radius 1 is 1.15 bits per heavy atom. The van der Waals surface area contributed by atoms with Crippen LogP contribution in [0.5, 0.6) is 17.2 Å². The molecule has 0 fully saturated rings. The monoisotopic (exact) mass is 388 g/mol. The summed E-state index contributed by atoms with van der Waals surface area (Å²) < 4.78 is 16.0. The summed E-state index contributed by atoms with van der Waals surface area (Å²) in [4.78, 5) is 16.6. The van der Waals surface area contributed by atoms with Crippen LogP contribution in [0.15, 0.2) is 27.8 Å². The Morgan fingerprint density at radius 2 is 1.78 bits per heavy atom. The molecule has 0 saturated heterocycles. The maximum Gasteiger partial charge on any atom is 0.283 e. The minimum absolute atomic E-state index is 0.0121. The van der Waals surface area contributed by atoms with Crippen LogP contribution in [-0.4, -0.2) is 48.3 Å². The fourth-order valence-electron chi connectivity index (χ4n) is 2.59. The van der Waals surface area contributed by atoms with Gasteiger partial charge in [0.15, 0.2) is 17.3 Å². The average molecular weight is 388 g/mol. The highest BCUT2D eigenvalue weighted by Crippen LogP contribution is 2.39. The number of thioether (sulfide) groups is 1. The van der Waals surface area contributed by atoms with E-state index in [1.165, 1.54) is 38.1 Å². The van der Waals surface area contributed by atoms with Crippen molar-refractivity contribution in [3.63, 3.8) is 0 Å². The molecule has 2 aliphatic rings. The zero-order valence-corrected chi connectivity index (χ0v) is 16.5. The second kappa shape index (κ2) is 7.43. The van der Waals surface area contributed by atoms with E-state index in [0.717, 1.165) is 5.04 Å². The van der Waals surface area contributed by atoms with Gasteiger partial charge in [-0.05, 0) is 35.5 Å². The quantitative estimate of drug-likeness (QED) is 0.779. The number of hydrogen-bond donors (Lipinski definition) is 1. The first kappa shape index (κ1) is 19.0. The first-order chi connectivity index (χ1) is 12.9. The van der Waals surface area contributed by atoms with Crippen LogP contribution in [-0.2, 0) is 4.79 Å². The third-order valence-corrected chi connectivity index (χ3v) is 5.17. The number of amidine groups is 2. The number of aliphatic imine (C=N–C) groups is 1. The third-order valence-electron chi connectivity index (χ3n) is 3.96. The second-order valence-electron chi connectivity index (χ2n) is 6.07. The molecule has 0 bridgehead atoms. The van der Waals surface area contributed by atoms with E-state index in [9.17, 15) is 4.79 Å². The van der Waals surface area contributed by atoms with E-state index < -0.39 is 5.91 Å². The first-order valence-electron chi connectivity index (χ1n) is 8.19. The number of carbonyl (C=O) groups excluding carboxylic acids is 1. The summed E-state index contributed by atoms with van der Waals surface area (Å²) in [6.07, 6.45) is 1.57. The molecule has 2 aliphatic heterocycles. The zero-order chi connectivity index (χ0) is 19.7. The molecule has 1 aromatic carbocycles. The fourth-order valence-corrected chi connectivity index (χ4v) is 3.48. The normalized spacial score (nSPS) is 17.9. The molecular weight excluding hydrogens is 368 g/mol. The van der Waals surface area contributed by atoms with Crippen molar-refractivity contribution in [3.05, 3.63) is 23.3 Å². The Balaban J connectivity index is 2.03. The third kappa shape index (κ3) is 3.42. The highest BCUT2D eigenvalue weighted by atomic mass is 32.2. The van der Waals surface area contributed by atoms with E-state index in [1.54, 1.807) is 18.2 Å². The van der Waals surface area contributed by atoms with E-state index in [2.05, 4.69) is 10.1 Å². The van der Waals surface area contributed by atoms with Gasteiger partial charge in [0, 0.05) is 5.92 Å². The number of ether oxygens (including phenoxy) is 3. The minimum atomic E-state index is -0.479. The van der Waals surface area contributed by atoms with Crippen molar-refractivity contribution in [1.82, 2.24) is 5.01 Å². The van der Waals surface area contributed by atoms with Crippen LogP contribution in [0.2, 0.25) is 0 Å². The Kier molecular flexibility index (Phi) is 5.22. The second-order valence-corrected chi connectivity index (χ2v) is 7.06. The molecule has 0 saturated carbocycles. The van der Waals surface area contributed by atoms with Gasteiger partial charge < -0.3 is 14.2 Å². The van der Waals surface area contributed by atoms with E-state index in [1.807, 2.05) is 13.8 Å². The number of methoxy groups -OCH3 is 3. The molecular formula is C18H20N4O4S. The predicted octanol–water partition coefficient (Wildman–Crippen LogP) is 2.99. The predicted molar refractivity (Wildman–Crippen MR) is 106 cm³/mol. The summed E-state index contributed by atoms with van der Waals surface area (Å²) in [5, 5.41) is 15.4.